The molecule has 1 heterocycles. The molecule has 0 spiro atoms. The zero-order valence-corrected chi connectivity index (χ0v) is 12.8. The van der Waals surface area contributed by atoms with Gasteiger partial charge in [0, 0.05) is 12.1 Å². The molecule has 0 N–H and O–H groups in total. The van der Waals surface area contributed by atoms with Gasteiger partial charge in [-0.25, -0.2) is 0 Å². The molecule has 2 aliphatic rings. The Hall–Kier alpha value is -3.02. The van der Waals surface area contributed by atoms with Gasteiger partial charge >= 0.3 is 0 Å². The fourth-order valence-corrected chi connectivity index (χ4v) is 3.64. The topological polar surface area (TPSA) is 80.5 Å². The predicted octanol–water partition coefficient (Wildman–Crippen LogP) is 3.27. The average molecular weight is 322 g/mol. The van der Waals surface area contributed by atoms with Crippen LogP contribution < -0.4 is 0 Å². The summed E-state index contributed by atoms with van der Waals surface area (Å²) in [7, 11) is 0. The van der Waals surface area contributed by atoms with E-state index in [0.717, 1.165) is 6.42 Å². The van der Waals surface area contributed by atoms with Crippen LogP contribution in [-0.4, -0.2) is 21.6 Å². The number of hydrogen-bond donors (Lipinski definition) is 0. The summed E-state index contributed by atoms with van der Waals surface area (Å²) in [5.41, 5.74) is 0.644. The number of imide groups is 1. The Morgan fingerprint density at radius 1 is 0.958 bits per heavy atom. The molecule has 6 nitrogen and oxygen atoms in total. The molecule has 1 aliphatic carbocycles. The first-order valence-corrected chi connectivity index (χ1v) is 7.77. The Balaban J connectivity index is 1.82. The lowest BCUT2D eigenvalue weighted by Gasteiger charge is -2.47. The Morgan fingerprint density at radius 3 is 2.08 bits per heavy atom. The van der Waals surface area contributed by atoms with E-state index in [1.54, 1.807) is 36.4 Å². The molecule has 0 radical (unpaired) electrons. The van der Waals surface area contributed by atoms with Gasteiger partial charge in [0.25, 0.3) is 17.5 Å². The van der Waals surface area contributed by atoms with Crippen LogP contribution in [0.5, 0.6) is 0 Å². The number of nitro groups is 1. The van der Waals surface area contributed by atoms with Crippen molar-refractivity contribution < 1.29 is 14.5 Å². The van der Waals surface area contributed by atoms with Crippen LogP contribution in [0.15, 0.2) is 48.5 Å². The minimum Gasteiger partial charge on any atom is -0.269 e. The Kier molecular flexibility index (Phi) is 3.03. The van der Waals surface area contributed by atoms with Gasteiger partial charge in [-0.1, -0.05) is 24.3 Å². The molecule has 120 valence electrons. The van der Waals surface area contributed by atoms with Crippen molar-refractivity contribution in [3.05, 3.63) is 75.3 Å². The highest BCUT2D eigenvalue weighted by Gasteiger charge is 2.53. The van der Waals surface area contributed by atoms with E-state index in [4.69, 9.17) is 0 Å². The molecule has 2 aromatic carbocycles. The van der Waals surface area contributed by atoms with Crippen LogP contribution >= 0.6 is 0 Å². The van der Waals surface area contributed by atoms with Crippen LogP contribution in [0.2, 0.25) is 0 Å². The van der Waals surface area contributed by atoms with E-state index in [9.17, 15) is 19.7 Å². The van der Waals surface area contributed by atoms with E-state index in [1.165, 1.54) is 17.0 Å². The number of nitro benzene ring substituents is 1. The van der Waals surface area contributed by atoms with Gasteiger partial charge in [0.2, 0.25) is 0 Å². The first-order valence-electron chi connectivity index (χ1n) is 7.77. The summed E-state index contributed by atoms with van der Waals surface area (Å²) in [4.78, 5) is 37.5. The van der Waals surface area contributed by atoms with Crippen molar-refractivity contribution in [2.75, 3.05) is 0 Å². The lowest BCUT2D eigenvalue weighted by molar-refractivity contribution is -0.385. The van der Waals surface area contributed by atoms with Gasteiger partial charge in [0.1, 0.15) is 0 Å². The van der Waals surface area contributed by atoms with Gasteiger partial charge in [0.05, 0.1) is 21.6 Å². The molecule has 2 aromatic rings. The van der Waals surface area contributed by atoms with Crippen LogP contribution in [0.1, 0.15) is 45.5 Å². The van der Waals surface area contributed by atoms with Crippen molar-refractivity contribution in [3.8, 4) is 0 Å². The monoisotopic (exact) mass is 322 g/mol. The highest BCUT2D eigenvalue weighted by molar-refractivity contribution is 6.22. The van der Waals surface area contributed by atoms with E-state index >= 15 is 0 Å². The minimum absolute atomic E-state index is 0.0321. The van der Waals surface area contributed by atoms with Crippen molar-refractivity contribution in [1.82, 2.24) is 4.90 Å². The van der Waals surface area contributed by atoms with Crippen LogP contribution in [-0.2, 0) is 5.54 Å². The van der Waals surface area contributed by atoms with Crippen molar-refractivity contribution in [2.24, 2.45) is 0 Å². The molecule has 24 heavy (non-hydrogen) atoms. The van der Waals surface area contributed by atoms with Gasteiger partial charge in [-0.05, 0) is 37.0 Å². The van der Waals surface area contributed by atoms with Gasteiger partial charge in [-0.15, -0.1) is 0 Å². The zero-order chi connectivity index (χ0) is 16.9. The minimum atomic E-state index is -0.779. The number of hydrogen-bond acceptors (Lipinski definition) is 4. The van der Waals surface area contributed by atoms with Gasteiger partial charge in [0.15, 0.2) is 0 Å². The van der Waals surface area contributed by atoms with E-state index in [2.05, 4.69) is 0 Å². The zero-order valence-electron chi connectivity index (χ0n) is 12.8. The molecule has 1 fully saturated rings. The normalized spacial score (nSPS) is 18.2. The summed E-state index contributed by atoms with van der Waals surface area (Å²) >= 11 is 0. The number of benzene rings is 2. The van der Waals surface area contributed by atoms with Crippen LogP contribution in [0.4, 0.5) is 5.69 Å². The lowest BCUT2D eigenvalue weighted by atomic mass is 9.70. The largest absolute Gasteiger partial charge is 0.269 e. The summed E-state index contributed by atoms with van der Waals surface area (Å²) in [5, 5.41) is 11.1. The molecule has 0 atom stereocenters. The Morgan fingerprint density at radius 2 is 1.58 bits per heavy atom. The fraction of sp³-hybridized carbons (Fsp3) is 0.222. The second-order valence-electron chi connectivity index (χ2n) is 6.18. The smallest absolute Gasteiger partial charge is 0.269 e. The number of non-ortho nitro benzene ring substituents is 1. The van der Waals surface area contributed by atoms with E-state index in [1.807, 2.05) is 0 Å². The molecule has 1 aliphatic heterocycles. The Labute approximate surface area is 137 Å². The summed E-state index contributed by atoms with van der Waals surface area (Å²) in [6, 6.07) is 13.0. The molecule has 0 aromatic heterocycles. The molecular formula is C18H14N2O4. The number of carbonyl (C=O) groups excluding carboxylic acids is 2. The standard InChI is InChI=1S/C18H14N2O4/c21-16-14-7-1-2-8-15(14)17(22)19(16)18(9-4-10-18)12-5-3-6-13(11-12)20(23)24/h1-3,5-8,11H,4,9-10H2. The number of carbonyl (C=O) groups is 2. The number of amides is 2. The molecule has 0 unspecified atom stereocenters. The number of rotatable bonds is 3. The summed E-state index contributed by atoms with van der Waals surface area (Å²) in [5.74, 6) is -0.636. The molecular weight excluding hydrogens is 308 g/mol. The van der Waals surface area contributed by atoms with Crippen molar-refractivity contribution >= 4 is 17.5 Å². The molecule has 0 bridgehead atoms. The molecule has 6 heteroatoms. The highest BCUT2D eigenvalue weighted by atomic mass is 16.6. The molecule has 2 amide bonds. The predicted molar refractivity (Wildman–Crippen MR) is 85.6 cm³/mol. The summed E-state index contributed by atoms with van der Waals surface area (Å²) in [6.07, 6.45) is 2.12. The van der Waals surface area contributed by atoms with Gasteiger partial charge in [-0.2, -0.15) is 0 Å². The van der Waals surface area contributed by atoms with Crippen LogP contribution in [0.25, 0.3) is 0 Å². The van der Waals surface area contributed by atoms with Crippen molar-refractivity contribution in [2.45, 2.75) is 24.8 Å². The fourth-order valence-electron chi connectivity index (χ4n) is 3.64. The maximum absolute atomic E-state index is 12.8. The second kappa shape index (κ2) is 4.99. The van der Waals surface area contributed by atoms with Crippen molar-refractivity contribution in [3.63, 3.8) is 0 Å². The first-order chi connectivity index (χ1) is 11.5. The highest BCUT2D eigenvalue weighted by Crippen LogP contribution is 2.50. The van der Waals surface area contributed by atoms with E-state index in [-0.39, 0.29) is 17.5 Å². The number of fused-ring (bicyclic) bond motifs is 1. The van der Waals surface area contributed by atoms with E-state index < -0.39 is 10.5 Å². The SMILES string of the molecule is O=C1c2ccccc2C(=O)N1C1(c2cccc([N+](=O)[O-])c2)CCC1. The van der Waals surface area contributed by atoms with Gasteiger partial charge in [-0.3, -0.25) is 24.6 Å². The summed E-state index contributed by atoms with van der Waals surface area (Å²) in [6.45, 7) is 0. The third-order valence-corrected chi connectivity index (χ3v) is 5.00. The molecule has 4 rings (SSSR count). The lowest BCUT2D eigenvalue weighted by Crippen LogP contribution is -2.53. The van der Waals surface area contributed by atoms with Crippen LogP contribution in [0.3, 0.4) is 0 Å². The average Bonchev–Trinajstić information content (AvgIpc) is 2.80. The van der Waals surface area contributed by atoms with Crippen molar-refractivity contribution in [1.29, 1.82) is 0 Å². The van der Waals surface area contributed by atoms with Gasteiger partial charge < -0.3 is 0 Å². The third-order valence-electron chi connectivity index (χ3n) is 5.00. The maximum atomic E-state index is 12.8. The number of nitrogens with zero attached hydrogens (tertiary/aromatic N) is 2. The van der Waals surface area contributed by atoms with E-state index in [0.29, 0.717) is 29.5 Å². The van der Waals surface area contributed by atoms with Crippen LogP contribution in [0, 0.1) is 10.1 Å². The second-order valence-corrected chi connectivity index (χ2v) is 6.18. The Bertz CT molecular complexity index is 851. The molecule has 0 saturated heterocycles. The first kappa shape index (κ1) is 14.6. The molecule has 1 saturated carbocycles. The maximum Gasteiger partial charge on any atom is 0.269 e. The summed E-state index contributed by atoms with van der Waals surface area (Å²) < 4.78 is 0. The third kappa shape index (κ3) is 1.83. The quantitative estimate of drug-likeness (QED) is 0.493.